The van der Waals surface area contributed by atoms with E-state index in [-0.39, 0.29) is 11.7 Å². The summed E-state index contributed by atoms with van der Waals surface area (Å²) in [4.78, 5) is 17.6. The van der Waals surface area contributed by atoms with Crippen LogP contribution >= 0.6 is 11.8 Å². The summed E-state index contributed by atoms with van der Waals surface area (Å²) in [6.45, 7) is 3.87. The van der Waals surface area contributed by atoms with Gasteiger partial charge in [-0.25, -0.2) is 4.99 Å². The highest BCUT2D eigenvalue weighted by Gasteiger charge is 2.11. The number of carbonyl (C=O) groups excluding carboxylic acids is 1. The number of hydrogen-bond acceptors (Lipinski definition) is 4. The van der Waals surface area contributed by atoms with Crippen molar-refractivity contribution in [2.75, 3.05) is 5.32 Å². The van der Waals surface area contributed by atoms with Crippen molar-refractivity contribution in [3.05, 3.63) is 71.4 Å². The van der Waals surface area contributed by atoms with Crippen LogP contribution in [0, 0.1) is 5.41 Å². The van der Waals surface area contributed by atoms with Crippen molar-refractivity contribution in [1.82, 2.24) is 10.2 Å². The average molecular weight is 406 g/mol. The summed E-state index contributed by atoms with van der Waals surface area (Å²) < 4.78 is 0. The van der Waals surface area contributed by atoms with Crippen molar-refractivity contribution in [2.24, 2.45) is 4.99 Å². The van der Waals surface area contributed by atoms with Gasteiger partial charge in [-0.05, 0) is 49.2 Å². The van der Waals surface area contributed by atoms with Gasteiger partial charge in [-0.1, -0.05) is 43.3 Å². The topological polar surface area (TPSA) is 94.0 Å². The van der Waals surface area contributed by atoms with Gasteiger partial charge in [0.1, 0.15) is 10.7 Å². The Kier molecular flexibility index (Phi) is 6.97. The van der Waals surface area contributed by atoms with E-state index in [2.05, 4.69) is 27.4 Å². The molecule has 3 rings (SSSR count). The lowest BCUT2D eigenvalue weighted by atomic mass is 10.0. The highest BCUT2D eigenvalue weighted by Crippen LogP contribution is 2.28. The quantitative estimate of drug-likeness (QED) is 0.373. The van der Waals surface area contributed by atoms with Gasteiger partial charge in [0, 0.05) is 28.4 Å². The first kappa shape index (κ1) is 20.5. The third kappa shape index (κ3) is 5.42. The van der Waals surface area contributed by atoms with Crippen molar-refractivity contribution < 1.29 is 4.79 Å². The minimum atomic E-state index is -0.0959. The molecule has 0 spiro atoms. The molecule has 2 aromatic carbocycles. The average Bonchev–Trinajstić information content (AvgIpc) is 3.19. The smallest absolute Gasteiger partial charge is 0.255 e. The molecule has 0 radical (unpaired) electrons. The van der Waals surface area contributed by atoms with Crippen LogP contribution in [-0.2, 0) is 6.42 Å². The second-order valence-electron chi connectivity index (χ2n) is 6.34. The van der Waals surface area contributed by atoms with Crippen LogP contribution < -0.4 is 5.32 Å². The molecule has 7 heteroatoms. The fourth-order valence-electron chi connectivity index (χ4n) is 2.83. The Morgan fingerprint density at radius 2 is 2.00 bits per heavy atom. The summed E-state index contributed by atoms with van der Waals surface area (Å²) in [5, 5.41) is 18.5. The molecule has 0 saturated heterocycles. The van der Waals surface area contributed by atoms with Crippen LogP contribution in [0.3, 0.4) is 0 Å². The Hall–Kier alpha value is -3.19. The molecule has 1 heterocycles. The number of hydrogen-bond donors (Lipinski definition) is 3. The van der Waals surface area contributed by atoms with E-state index in [1.54, 1.807) is 19.2 Å². The summed E-state index contributed by atoms with van der Waals surface area (Å²) in [6.07, 6.45) is 3.45. The van der Waals surface area contributed by atoms with Crippen LogP contribution in [0.5, 0.6) is 0 Å². The maximum absolute atomic E-state index is 12.6. The normalized spacial score (nSPS) is 11.0. The zero-order valence-corrected chi connectivity index (χ0v) is 17.2. The van der Waals surface area contributed by atoms with Gasteiger partial charge in [-0.3, -0.25) is 15.3 Å². The second kappa shape index (κ2) is 9.84. The van der Waals surface area contributed by atoms with Crippen LogP contribution in [0.25, 0.3) is 0 Å². The lowest BCUT2D eigenvalue weighted by Gasteiger charge is -2.10. The maximum atomic E-state index is 12.6. The molecule has 0 aliphatic heterocycles. The highest BCUT2D eigenvalue weighted by atomic mass is 32.2. The van der Waals surface area contributed by atoms with Gasteiger partial charge in [-0.15, -0.1) is 0 Å². The van der Waals surface area contributed by atoms with Crippen molar-refractivity contribution in [2.45, 2.75) is 36.6 Å². The lowest BCUT2D eigenvalue weighted by Crippen LogP contribution is -2.14. The van der Waals surface area contributed by atoms with E-state index in [1.165, 1.54) is 11.8 Å². The van der Waals surface area contributed by atoms with Gasteiger partial charge in [0.25, 0.3) is 5.91 Å². The predicted molar refractivity (Wildman–Crippen MR) is 119 cm³/mol. The number of aromatic nitrogens is 2. The number of nitrogens with one attached hydrogen (secondary N) is 3. The zero-order valence-electron chi connectivity index (χ0n) is 16.4. The Labute approximate surface area is 174 Å². The molecule has 3 aromatic rings. The first-order valence-electron chi connectivity index (χ1n) is 9.41. The SMILES string of the molecule is CC=NC(=N)c1cc(Sc2ccc(NC(=O)c3ccccc3CCC)cc2)n[nH]1. The molecule has 0 aliphatic carbocycles. The van der Waals surface area contributed by atoms with Gasteiger partial charge in [-0.2, -0.15) is 5.10 Å². The number of benzene rings is 2. The van der Waals surface area contributed by atoms with E-state index >= 15 is 0 Å². The van der Waals surface area contributed by atoms with Crippen molar-refractivity contribution in [3.8, 4) is 0 Å². The molecule has 1 aromatic heterocycles. The molecular weight excluding hydrogens is 382 g/mol. The Balaban J connectivity index is 1.65. The molecule has 29 heavy (non-hydrogen) atoms. The standard InChI is InChI=1S/C22H23N5OS/c1-3-7-15-8-5-6-9-18(15)22(28)25-16-10-12-17(13-11-16)29-20-14-19(26-27-20)21(23)24-4-2/h4-6,8-14,23H,3,7H2,1-2H3,(H,25,28)(H,26,27). The molecule has 0 saturated carbocycles. The monoisotopic (exact) mass is 405 g/mol. The van der Waals surface area contributed by atoms with Crippen LogP contribution in [0.2, 0.25) is 0 Å². The Morgan fingerprint density at radius 3 is 2.72 bits per heavy atom. The van der Waals surface area contributed by atoms with E-state index in [4.69, 9.17) is 5.41 Å². The molecule has 0 atom stereocenters. The zero-order chi connectivity index (χ0) is 20.6. The number of H-pyrrole nitrogens is 1. The molecular formula is C22H23N5OS. The molecule has 0 bridgehead atoms. The highest BCUT2D eigenvalue weighted by molar-refractivity contribution is 7.99. The Morgan fingerprint density at radius 1 is 1.24 bits per heavy atom. The third-order valence-corrected chi connectivity index (χ3v) is 5.11. The van der Waals surface area contributed by atoms with Gasteiger partial charge in [0.05, 0.1) is 0 Å². The van der Waals surface area contributed by atoms with Crippen LogP contribution in [0.15, 0.2) is 69.5 Å². The van der Waals surface area contributed by atoms with Crippen LogP contribution in [0.4, 0.5) is 5.69 Å². The number of amides is 1. The number of carbonyl (C=O) groups is 1. The van der Waals surface area contributed by atoms with E-state index < -0.39 is 0 Å². The number of aromatic amines is 1. The lowest BCUT2D eigenvalue weighted by molar-refractivity contribution is 0.102. The molecule has 6 nitrogen and oxygen atoms in total. The van der Waals surface area contributed by atoms with E-state index in [0.29, 0.717) is 11.3 Å². The third-order valence-electron chi connectivity index (χ3n) is 4.18. The van der Waals surface area contributed by atoms with E-state index in [1.807, 2.05) is 48.5 Å². The molecule has 148 valence electrons. The fourth-order valence-corrected chi connectivity index (χ4v) is 3.61. The van der Waals surface area contributed by atoms with E-state index in [9.17, 15) is 4.79 Å². The minimum absolute atomic E-state index is 0.0959. The Bertz CT molecular complexity index is 1020. The fraction of sp³-hybridized carbons (Fsp3) is 0.182. The number of anilines is 1. The number of aliphatic imine (C=N–C) groups is 1. The predicted octanol–water partition coefficient (Wildman–Crippen LogP) is 5.18. The summed E-state index contributed by atoms with van der Waals surface area (Å²) in [5.74, 6) is 0.0506. The largest absolute Gasteiger partial charge is 0.322 e. The summed E-state index contributed by atoms with van der Waals surface area (Å²) >= 11 is 1.47. The van der Waals surface area contributed by atoms with Gasteiger partial charge in [0.2, 0.25) is 0 Å². The van der Waals surface area contributed by atoms with Crippen LogP contribution in [0.1, 0.15) is 41.9 Å². The minimum Gasteiger partial charge on any atom is -0.322 e. The van der Waals surface area contributed by atoms with E-state index in [0.717, 1.165) is 34.0 Å². The van der Waals surface area contributed by atoms with Crippen molar-refractivity contribution >= 4 is 35.4 Å². The molecule has 1 amide bonds. The van der Waals surface area contributed by atoms with Crippen LogP contribution in [-0.4, -0.2) is 28.2 Å². The van der Waals surface area contributed by atoms with Gasteiger partial charge < -0.3 is 5.32 Å². The van der Waals surface area contributed by atoms with Crippen molar-refractivity contribution in [1.29, 1.82) is 5.41 Å². The number of rotatable bonds is 7. The summed E-state index contributed by atoms with van der Waals surface area (Å²) in [6, 6.07) is 17.1. The summed E-state index contributed by atoms with van der Waals surface area (Å²) in [7, 11) is 0. The number of nitrogens with zero attached hydrogens (tertiary/aromatic N) is 2. The number of aryl methyl sites for hydroxylation is 1. The molecule has 0 aliphatic rings. The summed E-state index contributed by atoms with van der Waals surface area (Å²) in [5.41, 5.74) is 3.09. The second-order valence-corrected chi connectivity index (χ2v) is 7.44. The van der Waals surface area contributed by atoms with Gasteiger partial charge >= 0.3 is 0 Å². The first-order valence-corrected chi connectivity index (χ1v) is 10.2. The number of amidine groups is 1. The molecule has 3 N–H and O–H groups in total. The molecule has 0 fully saturated rings. The first-order chi connectivity index (χ1) is 14.1. The molecule has 0 unspecified atom stereocenters. The van der Waals surface area contributed by atoms with Crippen molar-refractivity contribution in [3.63, 3.8) is 0 Å². The maximum Gasteiger partial charge on any atom is 0.255 e. The van der Waals surface area contributed by atoms with Gasteiger partial charge in [0.15, 0.2) is 5.84 Å².